The van der Waals surface area contributed by atoms with Crippen LogP contribution in [0, 0.1) is 5.92 Å². The molecule has 0 spiro atoms. The van der Waals surface area contributed by atoms with Gasteiger partial charge >= 0.3 is 0 Å². The van der Waals surface area contributed by atoms with Gasteiger partial charge < -0.3 is 25.8 Å². The molecule has 2 fully saturated rings. The molecule has 3 N–H and O–H groups in total. The Labute approximate surface area is 212 Å². The van der Waals surface area contributed by atoms with Gasteiger partial charge in [-0.05, 0) is 49.9 Å². The van der Waals surface area contributed by atoms with Gasteiger partial charge in [-0.25, -0.2) is 4.99 Å². The number of anilines is 1. The van der Waals surface area contributed by atoms with E-state index in [1.54, 1.807) is 0 Å². The number of benzene rings is 1. The third kappa shape index (κ3) is 7.68. The zero-order valence-electron chi connectivity index (χ0n) is 18.6. The second kappa shape index (κ2) is 13.1. The summed E-state index contributed by atoms with van der Waals surface area (Å²) in [5.74, 6) is 0.759. The van der Waals surface area contributed by atoms with Crippen LogP contribution in [0.2, 0.25) is 5.02 Å². The van der Waals surface area contributed by atoms with Crippen molar-refractivity contribution in [2.45, 2.75) is 26.2 Å². The fraction of sp³-hybridized carbons (Fsp3) is 0.591. The molecule has 2 heterocycles. The minimum atomic E-state index is -0.262. The van der Waals surface area contributed by atoms with E-state index in [1.165, 1.54) is 0 Å². The van der Waals surface area contributed by atoms with Gasteiger partial charge in [-0.1, -0.05) is 11.6 Å². The van der Waals surface area contributed by atoms with Crippen LogP contribution < -0.4 is 16.0 Å². The van der Waals surface area contributed by atoms with Crippen molar-refractivity contribution in [2.75, 3.05) is 57.3 Å². The maximum atomic E-state index is 12.8. The lowest BCUT2D eigenvalue weighted by molar-refractivity contribution is -0.129. The number of hydrogen-bond donors (Lipinski definition) is 2. The molecule has 10 heteroatoms. The lowest BCUT2D eigenvalue weighted by Gasteiger charge is -2.36. The molecule has 2 saturated heterocycles. The first kappa shape index (κ1) is 26.5. The van der Waals surface area contributed by atoms with E-state index in [1.807, 2.05) is 36.1 Å². The summed E-state index contributed by atoms with van der Waals surface area (Å²) in [6, 6.07) is 7.80. The number of guanidine groups is 1. The summed E-state index contributed by atoms with van der Waals surface area (Å²) in [6.45, 7) is 7.41. The highest BCUT2D eigenvalue weighted by Gasteiger charge is 2.25. The first-order chi connectivity index (χ1) is 15.0. The number of primary amides is 1. The number of piperidine rings is 1. The number of aliphatic imine (C=N–C) groups is 1. The van der Waals surface area contributed by atoms with Gasteiger partial charge in [0.05, 0.1) is 0 Å². The van der Waals surface area contributed by atoms with E-state index in [9.17, 15) is 9.59 Å². The van der Waals surface area contributed by atoms with Crippen LogP contribution in [0.25, 0.3) is 0 Å². The third-order valence-corrected chi connectivity index (χ3v) is 6.08. The largest absolute Gasteiger partial charge is 0.370 e. The number of rotatable bonds is 6. The van der Waals surface area contributed by atoms with Crippen molar-refractivity contribution in [1.82, 2.24) is 15.1 Å². The van der Waals surface area contributed by atoms with Crippen LogP contribution in [0.1, 0.15) is 26.2 Å². The Balaban J connectivity index is 0.00000363. The van der Waals surface area contributed by atoms with E-state index in [-0.39, 0.29) is 48.3 Å². The molecular formula is C22H34ClIN6O2. The summed E-state index contributed by atoms with van der Waals surface area (Å²) < 4.78 is 0. The molecule has 0 aliphatic carbocycles. The van der Waals surface area contributed by atoms with Crippen LogP contribution in [-0.2, 0) is 9.59 Å². The average Bonchev–Trinajstić information content (AvgIpc) is 2.77. The van der Waals surface area contributed by atoms with Crippen molar-refractivity contribution in [3.63, 3.8) is 0 Å². The number of hydrogen-bond acceptors (Lipinski definition) is 4. The maximum absolute atomic E-state index is 12.8. The highest BCUT2D eigenvalue weighted by atomic mass is 127. The smallest absolute Gasteiger partial charge is 0.244 e. The Morgan fingerprint density at radius 2 is 1.81 bits per heavy atom. The molecule has 0 saturated carbocycles. The Morgan fingerprint density at radius 3 is 2.44 bits per heavy atom. The van der Waals surface area contributed by atoms with E-state index < -0.39 is 0 Å². The van der Waals surface area contributed by atoms with Crippen molar-refractivity contribution < 1.29 is 9.59 Å². The van der Waals surface area contributed by atoms with Crippen LogP contribution in [-0.4, -0.2) is 79.9 Å². The van der Waals surface area contributed by atoms with Gasteiger partial charge in [0.25, 0.3) is 0 Å². The molecule has 0 aromatic heterocycles. The standard InChI is InChI=1S/C22H33ClN6O2.HI/c1-2-25-22(29-9-3-4-17(16-29)14-20(24)30)26-15-21(31)28-12-10-27(11-13-28)19-7-5-18(23)6-8-19;/h5-8,17H,2-4,9-16H2,1H3,(H2,24,30)(H,25,26);1H. The van der Waals surface area contributed by atoms with E-state index >= 15 is 0 Å². The fourth-order valence-electron chi connectivity index (χ4n) is 4.24. The molecule has 0 bridgehead atoms. The Bertz CT molecular complexity index is 783. The number of nitrogens with zero attached hydrogens (tertiary/aromatic N) is 4. The Kier molecular flexibility index (Phi) is 10.8. The molecular weight excluding hydrogens is 543 g/mol. The van der Waals surface area contributed by atoms with Crippen molar-refractivity contribution >= 4 is 59.0 Å². The third-order valence-electron chi connectivity index (χ3n) is 5.83. The first-order valence-corrected chi connectivity index (χ1v) is 11.4. The lowest BCUT2D eigenvalue weighted by atomic mass is 9.95. The number of carbonyl (C=O) groups excluding carboxylic acids is 2. The van der Waals surface area contributed by atoms with E-state index in [2.05, 4.69) is 20.1 Å². The van der Waals surface area contributed by atoms with Gasteiger partial charge in [-0.3, -0.25) is 9.59 Å². The molecule has 2 amide bonds. The quantitative estimate of drug-likeness (QED) is 0.308. The number of halogens is 2. The van der Waals surface area contributed by atoms with Gasteiger partial charge in [0.1, 0.15) is 6.54 Å². The second-order valence-electron chi connectivity index (χ2n) is 8.14. The second-order valence-corrected chi connectivity index (χ2v) is 8.58. The van der Waals surface area contributed by atoms with Crippen LogP contribution in [0.3, 0.4) is 0 Å². The molecule has 1 unspecified atom stereocenters. The number of carbonyl (C=O) groups is 2. The fourth-order valence-corrected chi connectivity index (χ4v) is 4.37. The maximum Gasteiger partial charge on any atom is 0.244 e. The predicted octanol–water partition coefficient (Wildman–Crippen LogP) is 2.16. The van der Waals surface area contributed by atoms with Crippen LogP contribution in [0.15, 0.2) is 29.3 Å². The molecule has 1 aromatic rings. The van der Waals surface area contributed by atoms with Gasteiger partial charge in [0.2, 0.25) is 11.8 Å². The minimum Gasteiger partial charge on any atom is -0.370 e. The van der Waals surface area contributed by atoms with E-state index in [0.29, 0.717) is 19.5 Å². The average molecular weight is 577 g/mol. The van der Waals surface area contributed by atoms with Crippen molar-refractivity contribution in [3.05, 3.63) is 29.3 Å². The molecule has 1 atom stereocenters. The summed E-state index contributed by atoms with van der Waals surface area (Å²) in [6.07, 6.45) is 2.38. The zero-order chi connectivity index (χ0) is 22.2. The SMILES string of the molecule is CCNC(=NCC(=O)N1CCN(c2ccc(Cl)cc2)CC1)N1CCCC(CC(N)=O)C1.I. The number of piperazine rings is 1. The van der Waals surface area contributed by atoms with E-state index in [4.69, 9.17) is 17.3 Å². The Morgan fingerprint density at radius 1 is 1.12 bits per heavy atom. The highest BCUT2D eigenvalue weighted by Crippen LogP contribution is 2.20. The van der Waals surface area contributed by atoms with Crippen molar-refractivity contribution in [2.24, 2.45) is 16.6 Å². The van der Waals surface area contributed by atoms with Crippen LogP contribution in [0.5, 0.6) is 0 Å². The topological polar surface area (TPSA) is 94.3 Å². The summed E-state index contributed by atoms with van der Waals surface area (Å²) in [5.41, 5.74) is 6.50. The normalized spacial score (nSPS) is 19.4. The van der Waals surface area contributed by atoms with Crippen LogP contribution in [0.4, 0.5) is 5.69 Å². The van der Waals surface area contributed by atoms with Gasteiger partial charge in [0.15, 0.2) is 5.96 Å². The Hall–Kier alpha value is -1.75. The van der Waals surface area contributed by atoms with E-state index in [0.717, 1.165) is 62.2 Å². The number of likely N-dealkylation sites (tertiary alicyclic amines) is 1. The molecule has 178 valence electrons. The highest BCUT2D eigenvalue weighted by molar-refractivity contribution is 14.0. The monoisotopic (exact) mass is 576 g/mol. The molecule has 2 aliphatic rings. The molecule has 8 nitrogen and oxygen atoms in total. The minimum absolute atomic E-state index is 0. The number of nitrogens with two attached hydrogens (primary N) is 1. The van der Waals surface area contributed by atoms with Gasteiger partial charge in [-0.2, -0.15) is 0 Å². The molecule has 3 rings (SSSR count). The summed E-state index contributed by atoms with van der Waals surface area (Å²) in [4.78, 5) is 34.9. The van der Waals surface area contributed by atoms with Crippen molar-refractivity contribution in [1.29, 1.82) is 0 Å². The summed E-state index contributed by atoms with van der Waals surface area (Å²) in [7, 11) is 0. The lowest BCUT2D eigenvalue weighted by Crippen LogP contribution is -2.50. The predicted molar refractivity (Wildman–Crippen MR) is 140 cm³/mol. The van der Waals surface area contributed by atoms with Crippen LogP contribution >= 0.6 is 35.6 Å². The van der Waals surface area contributed by atoms with Gasteiger partial charge in [0, 0.05) is 62.9 Å². The number of amides is 2. The first-order valence-electron chi connectivity index (χ1n) is 11.1. The summed E-state index contributed by atoms with van der Waals surface area (Å²) >= 11 is 5.97. The van der Waals surface area contributed by atoms with Gasteiger partial charge in [-0.15, -0.1) is 24.0 Å². The molecule has 2 aliphatic heterocycles. The number of nitrogens with one attached hydrogen (secondary N) is 1. The zero-order valence-corrected chi connectivity index (χ0v) is 21.7. The summed E-state index contributed by atoms with van der Waals surface area (Å²) in [5, 5.41) is 4.01. The van der Waals surface area contributed by atoms with Crippen molar-refractivity contribution in [3.8, 4) is 0 Å². The molecule has 1 aromatic carbocycles. The molecule has 32 heavy (non-hydrogen) atoms. The molecule has 0 radical (unpaired) electrons.